The van der Waals surface area contributed by atoms with Gasteiger partial charge in [-0.15, -0.1) is 11.3 Å². The van der Waals surface area contributed by atoms with Crippen molar-refractivity contribution in [1.82, 2.24) is 5.32 Å². The highest BCUT2D eigenvalue weighted by Gasteiger charge is 2.41. The maximum absolute atomic E-state index is 11.8. The van der Waals surface area contributed by atoms with Gasteiger partial charge < -0.3 is 10.4 Å². The van der Waals surface area contributed by atoms with Gasteiger partial charge in [0.05, 0.1) is 18.4 Å². The molecule has 1 aliphatic carbocycles. The van der Waals surface area contributed by atoms with E-state index in [9.17, 15) is 9.59 Å². The third-order valence-electron chi connectivity index (χ3n) is 3.32. The number of hydrogen-bond acceptors (Lipinski definition) is 3. The fourth-order valence-electron chi connectivity index (χ4n) is 1.99. The van der Waals surface area contributed by atoms with Crippen molar-refractivity contribution in [2.24, 2.45) is 11.8 Å². The second-order valence-electron chi connectivity index (χ2n) is 4.37. The summed E-state index contributed by atoms with van der Waals surface area (Å²) in [5.74, 6) is -1.81. The molecule has 0 aromatic carbocycles. The summed E-state index contributed by atoms with van der Waals surface area (Å²) in [4.78, 5) is 23.7. The molecule has 2 unspecified atom stereocenters. The molecule has 0 radical (unpaired) electrons. The van der Waals surface area contributed by atoms with Gasteiger partial charge in [-0.25, -0.2) is 0 Å². The normalized spacial score (nSPS) is 22.9. The van der Waals surface area contributed by atoms with Crippen molar-refractivity contribution in [3.05, 3.63) is 21.9 Å². The van der Waals surface area contributed by atoms with Crippen LogP contribution in [0, 0.1) is 18.8 Å². The zero-order chi connectivity index (χ0) is 12.4. The molecule has 1 saturated carbocycles. The zero-order valence-corrected chi connectivity index (χ0v) is 10.4. The van der Waals surface area contributed by atoms with Gasteiger partial charge in [0, 0.05) is 4.88 Å². The van der Waals surface area contributed by atoms with Crippen molar-refractivity contribution in [1.29, 1.82) is 0 Å². The van der Waals surface area contributed by atoms with E-state index in [0.717, 1.165) is 4.88 Å². The molecular formula is C12H15NO3S. The fraction of sp³-hybridized carbons (Fsp3) is 0.500. The van der Waals surface area contributed by atoms with Crippen LogP contribution in [-0.2, 0) is 16.1 Å². The molecule has 1 amide bonds. The number of thiophene rings is 1. The molecule has 17 heavy (non-hydrogen) atoms. The number of hydrogen-bond donors (Lipinski definition) is 2. The van der Waals surface area contributed by atoms with Gasteiger partial charge in [-0.05, 0) is 36.8 Å². The van der Waals surface area contributed by atoms with Gasteiger partial charge in [0.15, 0.2) is 0 Å². The van der Waals surface area contributed by atoms with Gasteiger partial charge in [0.2, 0.25) is 5.91 Å². The van der Waals surface area contributed by atoms with E-state index in [-0.39, 0.29) is 11.8 Å². The van der Waals surface area contributed by atoms with Crippen molar-refractivity contribution in [2.75, 3.05) is 0 Å². The highest BCUT2D eigenvalue weighted by molar-refractivity contribution is 7.10. The van der Waals surface area contributed by atoms with Crippen molar-refractivity contribution >= 4 is 23.2 Å². The number of carboxylic acids is 1. The number of carbonyl (C=O) groups is 2. The number of amides is 1. The first-order valence-corrected chi connectivity index (χ1v) is 6.51. The van der Waals surface area contributed by atoms with E-state index in [1.54, 1.807) is 11.3 Å². The number of carboxylic acid groups (broad SMARTS) is 1. The molecule has 1 aliphatic rings. The first-order valence-electron chi connectivity index (χ1n) is 5.63. The number of aryl methyl sites for hydroxylation is 1. The molecule has 1 aromatic rings. The van der Waals surface area contributed by atoms with Crippen LogP contribution in [-0.4, -0.2) is 17.0 Å². The van der Waals surface area contributed by atoms with E-state index >= 15 is 0 Å². The average molecular weight is 253 g/mol. The fourth-order valence-corrected chi connectivity index (χ4v) is 2.84. The molecular weight excluding hydrogens is 238 g/mol. The summed E-state index contributed by atoms with van der Waals surface area (Å²) in [6.45, 7) is 2.51. The largest absolute Gasteiger partial charge is 0.481 e. The maximum atomic E-state index is 11.8. The van der Waals surface area contributed by atoms with Crippen LogP contribution >= 0.6 is 11.3 Å². The third kappa shape index (κ3) is 2.49. The van der Waals surface area contributed by atoms with Crippen LogP contribution in [0.3, 0.4) is 0 Å². The summed E-state index contributed by atoms with van der Waals surface area (Å²) in [6.07, 6.45) is 1.30. The van der Waals surface area contributed by atoms with Gasteiger partial charge in [-0.2, -0.15) is 0 Å². The van der Waals surface area contributed by atoms with Gasteiger partial charge >= 0.3 is 5.97 Å². The quantitative estimate of drug-likeness (QED) is 0.859. The SMILES string of the molecule is Cc1ccsc1CNC(=O)C1CCC1C(=O)O. The number of nitrogens with one attached hydrogen (secondary N) is 1. The first kappa shape index (κ1) is 12.1. The van der Waals surface area contributed by atoms with Crippen LogP contribution < -0.4 is 5.32 Å². The standard InChI is InChI=1S/C12H15NO3S/c1-7-4-5-17-10(7)6-13-11(14)8-2-3-9(8)12(15)16/h4-5,8-9H,2-3,6H2,1H3,(H,13,14)(H,15,16). The highest BCUT2D eigenvalue weighted by Crippen LogP contribution is 2.34. The van der Waals surface area contributed by atoms with Crippen molar-refractivity contribution < 1.29 is 14.7 Å². The predicted molar refractivity (Wildman–Crippen MR) is 64.8 cm³/mol. The number of rotatable bonds is 4. The minimum Gasteiger partial charge on any atom is -0.481 e. The molecule has 2 atom stereocenters. The van der Waals surface area contributed by atoms with Crippen LogP contribution in [0.25, 0.3) is 0 Å². The summed E-state index contributed by atoms with van der Waals surface area (Å²) in [7, 11) is 0. The van der Waals surface area contributed by atoms with Gasteiger partial charge in [-0.1, -0.05) is 0 Å². The molecule has 1 aromatic heterocycles. The molecule has 1 heterocycles. The van der Waals surface area contributed by atoms with E-state index in [2.05, 4.69) is 5.32 Å². The first-order chi connectivity index (χ1) is 8.09. The third-order valence-corrected chi connectivity index (χ3v) is 4.34. The molecule has 2 rings (SSSR count). The van der Waals surface area contributed by atoms with E-state index < -0.39 is 11.9 Å². The Morgan fingerprint density at radius 2 is 2.18 bits per heavy atom. The Morgan fingerprint density at radius 3 is 2.65 bits per heavy atom. The Labute approximate surface area is 104 Å². The molecule has 4 nitrogen and oxygen atoms in total. The monoisotopic (exact) mass is 253 g/mol. The molecule has 0 bridgehead atoms. The van der Waals surface area contributed by atoms with Gasteiger partial charge in [0.1, 0.15) is 0 Å². The molecule has 0 aliphatic heterocycles. The summed E-state index contributed by atoms with van der Waals surface area (Å²) < 4.78 is 0. The minimum atomic E-state index is -0.858. The molecule has 0 spiro atoms. The van der Waals surface area contributed by atoms with E-state index in [1.807, 2.05) is 18.4 Å². The second kappa shape index (κ2) is 4.87. The molecule has 0 saturated heterocycles. The highest BCUT2D eigenvalue weighted by atomic mass is 32.1. The molecule has 1 fully saturated rings. The Bertz CT molecular complexity index is 441. The lowest BCUT2D eigenvalue weighted by Crippen LogP contribution is -2.43. The summed E-state index contributed by atoms with van der Waals surface area (Å²) >= 11 is 1.60. The second-order valence-corrected chi connectivity index (χ2v) is 5.37. The lowest BCUT2D eigenvalue weighted by molar-refractivity contribution is -0.152. The van der Waals surface area contributed by atoms with Crippen LogP contribution in [0.4, 0.5) is 0 Å². The summed E-state index contributed by atoms with van der Waals surface area (Å²) in [5.41, 5.74) is 1.17. The van der Waals surface area contributed by atoms with Crippen LogP contribution in [0.1, 0.15) is 23.3 Å². The molecule has 5 heteroatoms. The number of carbonyl (C=O) groups excluding carboxylic acids is 1. The van der Waals surface area contributed by atoms with Crippen molar-refractivity contribution in [3.8, 4) is 0 Å². The predicted octanol–water partition coefficient (Wildman–Crippen LogP) is 1.78. The topological polar surface area (TPSA) is 66.4 Å². The smallest absolute Gasteiger partial charge is 0.307 e. The van der Waals surface area contributed by atoms with Crippen LogP contribution in [0.5, 0.6) is 0 Å². The van der Waals surface area contributed by atoms with Crippen molar-refractivity contribution in [3.63, 3.8) is 0 Å². The maximum Gasteiger partial charge on any atom is 0.307 e. The summed E-state index contributed by atoms with van der Waals surface area (Å²) in [6, 6.07) is 2.01. The Kier molecular flexibility index (Phi) is 3.47. The van der Waals surface area contributed by atoms with Crippen molar-refractivity contribution in [2.45, 2.75) is 26.3 Å². The Morgan fingerprint density at radius 1 is 1.47 bits per heavy atom. The average Bonchev–Trinajstić information content (AvgIpc) is 2.58. The molecule has 92 valence electrons. The zero-order valence-electron chi connectivity index (χ0n) is 9.60. The van der Waals surface area contributed by atoms with E-state index in [1.165, 1.54) is 5.56 Å². The lowest BCUT2D eigenvalue weighted by Gasteiger charge is -2.31. The van der Waals surface area contributed by atoms with E-state index in [4.69, 9.17) is 5.11 Å². The van der Waals surface area contributed by atoms with Gasteiger partial charge in [0.25, 0.3) is 0 Å². The number of aliphatic carboxylic acids is 1. The van der Waals surface area contributed by atoms with Crippen LogP contribution in [0.15, 0.2) is 11.4 Å². The lowest BCUT2D eigenvalue weighted by atomic mass is 9.73. The Hall–Kier alpha value is -1.36. The van der Waals surface area contributed by atoms with Crippen LogP contribution in [0.2, 0.25) is 0 Å². The summed E-state index contributed by atoms with van der Waals surface area (Å²) in [5, 5.41) is 13.7. The van der Waals surface area contributed by atoms with Gasteiger partial charge in [-0.3, -0.25) is 9.59 Å². The van der Waals surface area contributed by atoms with E-state index in [0.29, 0.717) is 19.4 Å². The minimum absolute atomic E-state index is 0.128. The molecule has 2 N–H and O–H groups in total. The Balaban J connectivity index is 1.86.